The Balaban J connectivity index is 2.55. The molecular weight excluding hydrogens is 145 g/mol. The molecule has 0 radical (unpaired) electrons. The zero-order valence-corrected chi connectivity index (χ0v) is 5.39. The van der Waals surface area contributed by atoms with Gasteiger partial charge in [0, 0.05) is 12.1 Å². The van der Waals surface area contributed by atoms with Crippen LogP contribution in [-0.2, 0) is 0 Å². The first-order valence-corrected chi connectivity index (χ1v) is 2.88. The highest BCUT2D eigenvalue weighted by molar-refractivity contribution is 5.61. The van der Waals surface area contributed by atoms with Crippen LogP contribution in [0.3, 0.4) is 0 Å². The molecule has 1 aliphatic rings. The van der Waals surface area contributed by atoms with Gasteiger partial charge in [-0.3, -0.25) is 0 Å². The summed E-state index contributed by atoms with van der Waals surface area (Å²) in [6, 6.07) is 0. The van der Waals surface area contributed by atoms with Crippen LogP contribution in [0.1, 0.15) is 6.92 Å². The number of nitrogens with zero attached hydrogens (tertiary/aromatic N) is 2. The van der Waals surface area contributed by atoms with Gasteiger partial charge in [-0.25, -0.2) is 5.01 Å². The molecule has 0 bridgehead atoms. The molecule has 1 aliphatic heterocycles. The summed E-state index contributed by atoms with van der Waals surface area (Å²) in [5.41, 5.74) is 0. The predicted molar refractivity (Wildman–Crippen MR) is 30.4 cm³/mol. The highest BCUT2D eigenvalue weighted by atomic mass is 19.4. The largest absolute Gasteiger partial charge is 0.500 e. The Morgan fingerprint density at radius 2 is 2.20 bits per heavy atom. The van der Waals surface area contributed by atoms with Crippen LogP contribution in [0, 0.1) is 5.92 Å². The second-order valence-electron chi connectivity index (χ2n) is 2.29. The van der Waals surface area contributed by atoms with Crippen LogP contribution in [0.2, 0.25) is 0 Å². The zero-order valence-electron chi connectivity index (χ0n) is 5.39. The quantitative estimate of drug-likeness (QED) is 0.479. The molecule has 0 aromatic heterocycles. The molecule has 0 N–H and O–H groups in total. The minimum absolute atomic E-state index is 0.0521. The van der Waals surface area contributed by atoms with Gasteiger partial charge in [0.2, 0.25) is 0 Å². The third kappa shape index (κ3) is 1.40. The van der Waals surface area contributed by atoms with Crippen LogP contribution < -0.4 is 0 Å². The van der Waals surface area contributed by atoms with Gasteiger partial charge in [0.15, 0.2) is 0 Å². The van der Waals surface area contributed by atoms with Crippen molar-refractivity contribution in [2.75, 3.05) is 6.54 Å². The monoisotopic (exact) mass is 152 g/mol. The first kappa shape index (κ1) is 7.37. The van der Waals surface area contributed by atoms with Crippen LogP contribution in [0.15, 0.2) is 5.10 Å². The summed E-state index contributed by atoms with van der Waals surface area (Å²) in [6.07, 6.45) is -3.01. The minimum atomic E-state index is -4.30. The van der Waals surface area contributed by atoms with Gasteiger partial charge in [-0.05, 0) is 0 Å². The second kappa shape index (κ2) is 2.14. The molecule has 2 nitrogen and oxygen atoms in total. The summed E-state index contributed by atoms with van der Waals surface area (Å²) < 4.78 is 35.2. The van der Waals surface area contributed by atoms with Crippen LogP contribution in [0.5, 0.6) is 0 Å². The van der Waals surface area contributed by atoms with Crippen molar-refractivity contribution >= 4 is 6.21 Å². The van der Waals surface area contributed by atoms with Gasteiger partial charge in [-0.1, -0.05) is 6.92 Å². The van der Waals surface area contributed by atoms with Crippen molar-refractivity contribution in [1.29, 1.82) is 0 Å². The fourth-order valence-electron chi connectivity index (χ4n) is 0.730. The lowest BCUT2D eigenvalue weighted by molar-refractivity contribution is -0.243. The first-order chi connectivity index (χ1) is 4.50. The molecular formula is C5H7F3N2. The van der Waals surface area contributed by atoms with Gasteiger partial charge in [0.05, 0.1) is 6.54 Å². The summed E-state index contributed by atoms with van der Waals surface area (Å²) in [6.45, 7) is 1.64. The molecule has 0 aromatic rings. The van der Waals surface area contributed by atoms with E-state index in [9.17, 15) is 13.2 Å². The molecule has 1 heterocycles. The van der Waals surface area contributed by atoms with E-state index in [0.29, 0.717) is 0 Å². The number of hydrogen-bond donors (Lipinski definition) is 0. The molecule has 0 aliphatic carbocycles. The van der Waals surface area contributed by atoms with Crippen molar-refractivity contribution < 1.29 is 13.2 Å². The summed E-state index contributed by atoms with van der Waals surface area (Å²) in [7, 11) is 0. The number of rotatable bonds is 0. The van der Waals surface area contributed by atoms with Crippen LogP contribution in [0.25, 0.3) is 0 Å². The van der Waals surface area contributed by atoms with Crippen molar-refractivity contribution in [3.8, 4) is 0 Å². The predicted octanol–water partition coefficient (Wildman–Crippen LogP) is 1.44. The summed E-state index contributed by atoms with van der Waals surface area (Å²) in [4.78, 5) is 0. The van der Waals surface area contributed by atoms with Gasteiger partial charge >= 0.3 is 6.30 Å². The molecule has 0 aromatic carbocycles. The molecule has 0 spiro atoms. The fraction of sp³-hybridized carbons (Fsp3) is 0.800. The summed E-state index contributed by atoms with van der Waals surface area (Å²) >= 11 is 0. The standard InChI is InChI=1S/C5H7F3N2/c1-4-2-9-10(3-4)5(6,7)8/h2,4H,3H2,1H3. The lowest BCUT2D eigenvalue weighted by atomic mass is 10.2. The van der Waals surface area contributed by atoms with E-state index < -0.39 is 6.30 Å². The lowest BCUT2D eigenvalue weighted by Gasteiger charge is -2.17. The molecule has 1 atom stereocenters. The normalized spacial score (nSPS) is 26.0. The van der Waals surface area contributed by atoms with Crippen LogP contribution >= 0.6 is 0 Å². The first-order valence-electron chi connectivity index (χ1n) is 2.88. The van der Waals surface area contributed by atoms with Gasteiger partial charge in [0.25, 0.3) is 0 Å². The van der Waals surface area contributed by atoms with Gasteiger partial charge < -0.3 is 0 Å². The maximum absolute atomic E-state index is 11.7. The Labute approximate surface area is 56.3 Å². The number of alkyl halides is 3. The molecule has 58 valence electrons. The molecule has 0 fully saturated rings. The lowest BCUT2D eigenvalue weighted by Crippen LogP contribution is -2.32. The van der Waals surface area contributed by atoms with Gasteiger partial charge in [-0.15, -0.1) is 13.2 Å². The van der Waals surface area contributed by atoms with E-state index in [4.69, 9.17) is 0 Å². The van der Waals surface area contributed by atoms with E-state index in [0.717, 1.165) is 0 Å². The summed E-state index contributed by atoms with van der Waals surface area (Å²) in [5.74, 6) is -0.0957. The van der Waals surface area contributed by atoms with Crippen molar-refractivity contribution in [3.63, 3.8) is 0 Å². The zero-order chi connectivity index (χ0) is 7.78. The SMILES string of the molecule is CC1C=NN(C(F)(F)F)C1. The molecule has 1 rings (SSSR count). The maximum atomic E-state index is 11.7. The van der Waals surface area contributed by atoms with Crippen molar-refractivity contribution in [1.82, 2.24) is 5.01 Å². The topological polar surface area (TPSA) is 15.6 Å². The Bertz CT molecular complexity index is 151. The molecule has 0 saturated carbocycles. The summed E-state index contributed by atoms with van der Waals surface area (Å²) in [5, 5.41) is 3.31. The Kier molecular flexibility index (Phi) is 1.58. The van der Waals surface area contributed by atoms with Crippen molar-refractivity contribution in [2.45, 2.75) is 13.2 Å². The van der Waals surface area contributed by atoms with Crippen LogP contribution in [0.4, 0.5) is 13.2 Å². The van der Waals surface area contributed by atoms with Crippen molar-refractivity contribution in [2.24, 2.45) is 11.0 Å². The van der Waals surface area contributed by atoms with Gasteiger partial charge in [0.1, 0.15) is 0 Å². The molecule has 5 heteroatoms. The highest BCUT2D eigenvalue weighted by Crippen LogP contribution is 2.24. The second-order valence-corrected chi connectivity index (χ2v) is 2.29. The Morgan fingerprint density at radius 3 is 2.40 bits per heavy atom. The molecule has 10 heavy (non-hydrogen) atoms. The minimum Gasteiger partial charge on any atom is -0.204 e. The maximum Gasteiger partial charge on any atom is 0.500 e. The van der Waals surface area contributed by atoms with E-state index in [1.165, 1.54) is 6.21 Å². The third-order valence-corrected chi connectivity index (χ3v) is 1.21. The fourth-order valence-corrected chi connectivity index (χ4v) is 0.730. The molecule has 0 amide bonds. The van der Waals surface area contributed by atoms with E-state index >= 15 is 0 Å². The van der Waals surface area contributed by atoms with Crippen LogP contribution in [-0.4, -0.2) is 24.1 Å². The third-order valence-electron chi connectivity index (χ3n) is 1.21. The molecule has 1 unspecified atom stereocenters. The number of hydrazone groups is 1. The highest BCUT2D eigenvalue weighted by Gasteiger charge is 2.39. The molecule has 0 saturated heterocycles. The van der Waals surface area contributed by atoms with E-state index in [1.54, 1.807) is 6.92 Å². The Hall–Kier alpha value is -0.740. The number of hydrogen-bond acceptors (Lipinski definition) is 2. The van der Waals surface area contributed by atoms with Gasteiger partial charge in [-0.2, -0.15) is 5.10 Å². The van der Waals surface area contributed by atoms with Crippen molar-refractivity contribution in [3.05, 3.63) is 0 Å². The average Bonchev–Trinajstić information content (AvgIpc) is 2.11. The number of halogens is 3. The average molecular weight is 152 g/mol. The van der Waals surface area contributed by atoms with E-state index in [-0.39, 0.29) is 17.5 Å². The van der Waals surface area contributed by atoms with E-state index in [1.807, 2.05) is 0 Å². The smallest absolute Gasteiger partial charge is 0.204 e. The van der Waals surface area contributed by atoms with E-state index in [2.05, 4.69) is 5.10 Å². The Morgan fingerprint density at radius 1 is 1.60 bits per heavy atom.